The number of rotatable bonds is 6. The summed E-state index contributed by atoms with van der Waals surface area (Å²) in [5, 5.41) is 0. The quantitative estimate of drug-likeness (QED) is 0.832. The Morgan fingerprint density at radius 2 is 2.17 bits per heavy atom. The van der Waals surface area contributed by atoms with Crippen LogP contribution < -0.4 is 5.73 Å². The molecule has 1 aromatic rings. The summed E-state index contributed by atoms with van der Waals surface area (Å²) in [7, 11) is 0. The van der Waals surface area contributed by atoms with Crippen molar-refractivity contribution in [2.24, 2.45) is 5.73 Å². The summed E-state index contributed by atoms with van der Waals surface area (Å²) < 4.78 is 0. The zero-order chi connectivity index (χ0) is 13.0. The molecule has 1 atom stereocenters. The summed E-state index contributed by atoms with van der Waals surface area (Å²) in [5.41, 5.74) is 7.00. The van der Waals surface area contributed by atoms with E-state index in [4.69, 9.17) is 5.73 Å². The number of pyridine rings is 1. The molecular formula is C14H21N3O. The molecule has 0 saturated heterocycles. The lowest BCUT2D eigenvalue weighted by Crippen LogP contribution is -2.36. The number of nitrogens with zero attached hydrogens (tertiary/aromatic N) is 2. The SMILES string of the molecule is CCC(N)CC(=O)N(Cc1ccncc1)C1CC1. The molecule has 1 fully saturated rings. The highest BCUT2D eigenvalue weighted by atomic mass is 16.2. The van der Waals surface area contributed by atoms with Crippen LogP contribution in [-0.4, -0.2) is 27.9 Å². The normalized spacial score (nSPS) is 16.3. The molecule has 1 aliphatic rings. The van der Waals surface area contributed by atoms with E-state index in [-0.39, 0.29) is 11.9 Å². The van der Waals surface area contributed by atoms with Gasteiger partial charge in [-0.15, -0.1) is 0 Å². The Bertz CT molecular complexity index is 389. The lowest BCUT2D eigenvalue weighted by atomic mass is 10.1. The number of nitrogens with two attached hydrogens (primary N) is 1. The molecule has 0 radical (unpaired) electrons. The minimum Gasteiger partial charge on any atom is -0.335 e. The smallest absolute Gasteiger partial charge is 0.224 e. The molecule has 4 heteroatoms. The standard InChI is InChI=1S/C14H21N3O/c1-2-12(15)9-14(18)17(13-3-4-13)10-11-5-7-16-8-6-11/h5-8,12-13H,2-4,9-10,15H2,1H3. The topological polar surface area (TPSA) is 59.2 Å². The van der Waals surface area contributed by atoms with Crippen LogP contribution in [0.25, 0.3) is 0 Å². The predicted octanol–water partition coefficient (Wildman–Crippen LogP) is 1.70. The maximum atomic E-state index is 12.2. The molecule has 18 heavy (non-hydrogen) atoms. The van der Waals surface area contributed by atoms with E-state index in [9.17, 15) is 4.79 Å². The van der Waals surface area contributed by atoms with Gasteiger partial charge in [0.2, 0.25) is 5.91 Å². The highest BCUT2D eigenvalue weighted by Gasteiger charge is 2.32. The van der Waals surface area contributed by atoms with Gasteiger partial charge in [-0.3, -0.25) is 9.78 Å². The van der Waals surface area contributed by atoms with Crippen molar-refractivity contribution in [3.8, 4) is 0 Å². The van der Waals surface area contributed by atoms with Crippen LogP contribution in [0.3, 0.4) is 0 Å². The van der Waals surface area contributed by atoms with Crippen molar-refractivity contribution < 1.29 is 4.79 Å². The third-order valence-electron chi connectivity index (χ3n) is 3.37. The molecule has 98 valence electrons. The first-order valence-corrected chi connectivity index (χ1v) is 6.64. The Morgan fingerprint density at radius 1 is 1.50 bits per heavy atom. The first kappa shape index (κ1) is 13.0. The van der Waals surface area contributed by atoms with E-state index < -0.39 is 0 Å². The minimum absolute atomic E-state index is 0.0174. The minimum atomic E-state index is -0.0174. The summed E-state index contributed by atoms with van der Waals surface area (Å²) >= 11 is 0. The van der Waals surface area contributed by atoms with Crippen LogP contribution in [0.15, 0.2) is 24.5 Å². The van der Waals surface area contributed by atoms with Crippen molar-refractivity contribution in [3.05, 3.63) is 30.1 Å². The summed E-state index contributed by atoms with van der Waals surface area (Å²) in [6.07, 6.45) is 7.08. The first-order chi connectivity index (χ1) is 8.70. The summed E-state index contributed by atoms with van der Waals surface area (Å²) in [6, 6.07) is 4.33. The first-order valence-electron chi connectivity index (χ1n) is 6.64. The van der Waals surface area contributed by atoms with Gasteiger partial charge in [0.05, 0.1) is 0 Å². The molecule has 1 saturated carbocycles. The monoisotopic (exact) mass is 247 g/mol. The second kappa shape index (κ2) is 5.96. The molecule has 2 rings (SSSR count). The maximum absolute atomic E-state index is 12.2. The van der Waals surface area contributed by atoms with Crippen molar-refractivity contribution in [2.75, 3.05) is 0 Å². The molecule has 1 unspecified atom stereocenters. The molecule has 0 spiro atoms. The van der Waals surface area contributed by atoms with E-state index in [1.54, 1.807) is 12.4 Å². The van der Waals surface area contributed by atoms with Crippen LogP contribution >= 0.6 is 0 Å². The Balaban J connectivity index is 1.98. The molecule has 0 aromatic carbocycles. The van der Waals surface area contributed by atoms with Crippen LogP contribution in [0.5, 0.6) is 0 Å². The van der Waals surface area contributed by atoms with Gasteiger partial charge < -0.3 is 10.6 Å². The van der Waals surface area contributed by atoms with Gasteiger partial charge in [-0.2, -0.15) is 0 Å². The number of carbonyl (C=O) groups excluding carboxylic acids is 1. The van der Waals surface area contributed by atoms with Crippen molar-refractivity contribution in [1.82, 2.24) is 9.88 Å². The van der Waals surface area contributed by atoms with Gasteiger partial charge in [-0.05, 0) is 37.0 Å². The Labute approximate surface area is 108 Å². The maximum Gasteiger partial charge on any atom is 0.224 e. The highest BCUT2D eigenvalue weighted by molar-refractivity contribution is 5.77. The van der Waals surface area contributed by atoms with Crippen LogP contribution in [0, 0.1) is 0 Å². The van der Waals surface area contributed by atoms with Gasteiger partial charge >= 0.3 is 0 Å². The Hall–Kier alpha value is -1.42. The molecule has 1 aliphatic carbocycles. The van der Waals surface area contributed by atoms with Gasteiger partial charge in [-0.25, -0.2) is 0 Å². The van der Waals surface area contributed by atoms with E-state index in [0.29, 0.717) is 19.0 Å². The lowest BCUT2D eigenvalue weighted by Gasteiger charge is -2.24. The molecule has 1 amide bonds. The van der Waals surface area contributed by atoms with E-state index in [0.717, 1.165) is 24.8 Å². The molecule has 1 heterocycles. The van der Waals surface area contributed by atoms with E-state index in [1.165, 1.54) is 0 Å². The van der Waals surface area contributed by atoms with E-state index >= 15 is 0 Å². The highest BCUT2D eigenvalue weighted by Crippen LogP contribution is 2.29. The van der Waals surface area contributed by atoms with Gasteiger partial charge in [0.25, 0.3) is 0 Å². The fraction of sp³-hybridized carbons (Fsp3) is 0.571. The number of hydrogen-bond acceptors (Lipinski definition) is 3. The zero-order valence-electron chi connectivity index (χ0n) is 10.9. The number of hydrogen-bond donors (Lipinski definition) is 1. The Kier molecular flexibility index (Phi) is 4.31. The van der Waals surface area contributed by atoms with Gasteiger partial charge in [0.1, 0.15) is 0 Å². The van der Waals surface area contributed by atoms with Crippen LogP contribution in [0.2, 0.25) is 0 Å². The van der Waals surface area contributed by atoms with E-state index in [1.807, 2.05) is 24.0 Å². The van der Waals surface area contributed by atoms with Crippen molar-refractivity contribution in [3.63, 3.8) is 0 Å². The average molecular weight is 247 g/mol. The van der Waals surface area contributed by atoms with E-state index in [2.05, 4.69) is 4.98 Å². The van der Waals surface area contributed by atoms with Crippen LogP contribution in [0.4, 0.5) is 0 Å². The second-order valence-electron chi connectivity index (χ2n) is 4.98. The third-order valence-corrected chi connectivity index (χ3v) is 3.37. The molecule has 2 N–H and O–H groups in total. The zero-order valence-corrected chi connectivity index (χ0v) is 10.9. The number of amides is 1. The fourth-order valence-electron chi connectivity index (χ4n) is 1.98. The molecule has 1 aromatic heterocycles. The van der Waals surface area contributed by atoms with Crippen LogP contribution in [-0.2, 0) is 11.3 Å². The summed E-state index contributed by atoms with van der Waals surface area (Å²) in [6.45, 7) is 2.70. The average Bonchev–Trinajstić information content (AvgIpc) is 3.21. The summed E-state index contributed by atoms with van der Waals surface area (Å²) in [4.78, 5) is 18.2. The number of aromatic nitrogens is 1. The molecule has 4 nitrogen and oxygen atoms in total. The number of carbonyl (C=O) groups is 1. The second-order valence-corrected chi connectivity index (χ2v) is 4.98. The molecule has 0 aliphatic heterocycles. The van der Waals surface area contributed by atoms with Crippen molar-refractivity contribution in [2.45, 2.75) is 51.2 Å². The summed E-state index contributed by atoms with van der Waals surface area (Å²) in [5.74, 6) is 0.184. The molecular weight excluding hydrogens is 226 g/mol. The van der Waals surface area contributed by atoms with Gasteiger partial charge in [0.15, 0.2) is 0 Å². The molecule has 0 bridgehead atoms. The predicted molar refractivity (Wildman–Crippen MR) is 70.7 cm³/mol. The van der Waals surface area contributed by atoms with Crippen molar-refractivity contribution >= 4 is 5.91 Å². The van der Waals surface area contributed by atoms with Gasteiger partial charge in [0, 0.05) is 37.4 Å². The van der Waals surface area contributed by atoms with Gasteiger partial charge in [-0.1, -0.05) is 6.92 Å². The Morgan fingerprint density at radius 3 is 2.72 bits per heavy atom. The lowest BCUT2D eigenvalue weighted by molar-refractivity contribution is -0.132. The van der Waals surface area contributed by atoms with Crippen LogP contribution in [0.1, 0.15) is 38.2 Å². The fourth-order valence-corrected chi connectivity index (χ4v) is 1.98. The third kappa shape index (κ3) is 3.53. The largest absolute Gasteiger partial charge is 0.335 e. The van der Waals surface area contributed by atoms with Crippen molar-refractivity contribution in [1.29, 1.82) is 0 Å².